The summed E-state index contributed by atoms with van der Waals surface area (Å²) in [5.41, 5.74) is 1.22. The van der Waals surface area contributed by atoms with Crippen molar-refractivity contribution in [3.05, 3.63) is 29.8 Å². The van der Waals surface area contributed by atoms with Crippen molar-refractivity contribution in [2.24, 2.45) is 0 Å². The predicted octanol–water partition coefficient (Wildman–Crippen LogP) is 1.14. The van der Waals surface area contributed by atoms with Gasteiger partial charge >= 0.3 is 0 Å². The first-order chi connectivity index (χ1) is 8.26. The maximum atomic E-state index is 8.57. The first-order valence-electron chi connectivity index (χ1n) is 5.76. The molecule has 0 aromatic heterocycles. The maximum Gasteiger partial charge on any atom is 0.119 e. The Balaban J connectivity index is 2.31. The summed E-state index contributed by atoms with van der Waals surface area (Å²) in [6.45, 7) is 2.84. The molecule has 0 aliphatic rings. The van der Waals surface area contributed by atoms with Gasteiger partial charge in [-0.3, -0.25) is 4.90 Å². The van der Waals surface area contributed by atoms with Gasteiger partial charge in [-0.2, -0.15) is 0 Å². The van der Waals surface area contributed by atoms with Crippen molar-refractivity contribution >= 4 is 0 Å². The Bertz CT molecular complexity index is 317. The molecule has 0 aliphatic heterocycles. The van der Waals surface area contributed by atoms with Crippen LogP contribution in [0.25, 0.3) is 0 Å². The van der Waals surface area contributed by atoms with Crippen LogP contribution in [-0.4, -0.2) is 50.5 Å². The Morgan fingerprint density at radius 1 is 1.29 bits per heavy atom. The second kappa shape index (κ2) is 8.06. The van der Waals surface area contributed by atoms with Gasteiger partial charge in [0.05, 0.1) is 26.9 Å². The minimum absolute atomic E-state index is 0.0829. The van der Waals surface area contributed by atoms with E-state index < -0.39 is 0 Å². The quantitative estimate of drug-likeness (QED) is 0.691. The van der Waals surface area contributed by atoms with Gasteiger partial charge in [0.25, 0.3) is 0 Å². The first-order valence-corrected chi connectivity index (χ1v) is 5.76. The van der Waals surface area contributed by atoms with Gasteiger partial charge in [-0.25, -0.2) is 0 Å². The van der Waals surface area contributed by atoms with Crippen LogP contribution in [0.2, 0.25) is 0 Å². The van der Waals surface area contributed by atoms with Gasteiger partial charge in [0.15, 0.2) is 0 Å². The zero-order valence-electron chi connectivity index (χ0n) is 10.6. The van der Waals surface area contributed by atoms with Crippen LogP contribution in [0.15, 0.2) is 24.3 Å². The molecule has 0 saturated carbocycles. The molecule has 0 atom stereocenters. The number of methoxy groups -OCH3 is 1. The number of ether oxygens (including phenoxy) is 2. The lowest BCUT2D eigenvalue weighted by Crippen LogP contribution is -2.23. The lowest BCUT2D eigenvalue weighted by molar-refractivity contribution is 0.0773. The van der Waals surface area contributed by atoms with Crippen LogP contribution in [0.3, 0.4) is 0 Å². The number of nitrogens with zero attached hydrogens (tertiary/aromatic N) is 1. The van der Waals surface area contributed by atoms with Gasteiger partial charge in [-0.15, -0.1) is 0 Å². The molecule has 0 amide bonds. The highest BCUT2D eigenvalue weighted by Crippen LogP contribution is 2.13. The second-order valence-electron chi connectivity index (χ2n) is 3.93. The van der Waals surface area contributed by atoms with Crippen molar-refractivity contribution in [2.45, 2.75) is 6.54 Å². The Morgan fingerprint density at radius 2 is 2.12 bits per heavy atom. The predicted molar refractivity (Wildman–Crippen MR) is 67.2 cm³/mol. The number of hydrogen-bond donors (Lipinski definition) is 1. The fourth-order valence-electron chi connectivity index (χ4n) is 1.55. The molecule has 0 bridgehead atoms. The molecule has 1 aromatic rings. The summed E-state index contributed by atoms with van der Waals surface area (Å²) < 4.78 is 10.4. The third kappa shape index (κ3) is 5.68. The molecule has 0 unspecified atom stereocenters. The van der Waals surface area contributed by atoms with Crippen molar-refractivity contribution < 1.29 is 14.6 Å². The summed E-state index contributed by atoms with van der Waals surface area (Å²) in [5, 5.41) is 8.57. The molecule has 17 heavy (non-hydrogen) atoms. The van der Waals surface area contributed by atoms with Crippen molar-refractivity contribution in [3.63, 3.8) is 0 Å². The molecule has 96 valence electrons. The van der Waals surface area contributed by atoms with Crippen molar-refractivity contribution in [2.75, 3.05) is 40.5 Å². The molecule has 1 rings (SSSR count). The highest BCUT2D eigenvalue weighted by Gasteiger charge is 2.01. The highest BCUT2D eigenvalue weighted by atomic mass is 16.5. The molecular weight excluding hydrogens is 218 g/mol. The van der Waals surface area contributed by atoms with Gasteiger partial charge in [0.2, 0.25) is 0 Å². The Hall–Kier alpha value is -1.10. The fourth-order valence-corrected chi connectivity index (χ4v) is 1.55. The third-order valence-corrected chi connectivity index (χ3v) is 2.44. The van der Waals surface area contributed by atoms with E-state index in [1.54, 1.807) is 7.11 Å². The standard InChI is InChI=1S/C13H21NO3/c1-14(6-8-17-9-7-15)11-12-4-3-5-13(10-12)16-2/h3-5,10,15H,6-9,11H2,1-2H3. The molecule has 0 radical (unpaired) electrons. The minimum atomic E-state index is 0.0829. The van der Waals surface area contributed by atoms with E-state index in [2.05, 4.69) is 11.0 Å². The van der Waals surface area contributed by atoms with Gasteiger partial charge < -0.3 is 14.6 Å². The largest absolute Gasteiger partial charge is 0.497 e. The average Bonchev–Trinajstić information content (AvgIpc) is 2.35. The zero-order chi connectivity index (χ0) is 12.5. The zero-order valence-corrected chi connectivity index (χ0v) is 10.6. The summed E-state index contributed by atoms with van der Waals surface area (Å²) >= 11 is 0. The Labute approximate surface area is 103 Å². The van der Waals surface area contributed by atoms with Crippen molar-refractivity contribution in [1.82, 2.24) is 4.90 Å². The van der Waals surface area contributed by atoms with E-state index in [1.807, 2.05) is 25.2 Å². The molecule has 1 aromatic carbocycles. The molecule has 0 aliphatic carbocycles. The molecule has 1 N–H and O–H groups in total. The van der Waals surface area contributed by atoms with Crippen molar-refractivity contribution in [1.29, 1.82) is 0 Å². The first kappa shape index (κ1) is 14.0. The summed E-state index contributed by atoms with van der Waals surface area (Å²) in [5.74, 6) is 0.882. The molecule has 0 spiro atoms. The van der Waals surface area contributed by atoms with Crippen molar-refractivity contribution in [3.8, 4) is 5.75 Å². The molecule has 4 nitrogen and oxygen atoms in total. The maximum absolute atomic E-state index is 8.57. The summed E-state index contributed by atoms with van der Waals surface area (Å²) in [4.78, 5) is 2.17. The number of aliphatic hydroxyl groups excluding tert-OH is 1. The van der Waals surface area contributed by atoms with Gasteiger partial charge in [0, 0.05) is 13.1 Å². The van der Waals surface area contributed by atoms with Crippen LogP contribution in [0.5, 0.6) is 5.75 Å². The number of likely N-dealkylation sites (N-methyl/N-ethyl adjacent to an activating group) is 1. The number of rotatable bonds is 8. The summed E-state index contributed by atoms with van der Waals surface area (Å²) in [7, 11) is 3.72. The average molecular weight is 239 g/mol. The molecule has 0 fully saturated rings. The lowest BCUT2D eigenvalue weighted by atomic mass is 10.2. The highest BCUT2D eigenvalue weighted by molar-refractivity contribution is 5.28. The lowest BCUT2D eigenvalue weighted by Gasteiger charge is -2.16. The van der Waals surface area contributed by atoms with E-state index in [1.165, 1.54) is 5.56 Å². The number of aliphatic hydroxyl groups is 1. The summed E-state index contributed by atoms with van der Waals surface area (Å²) in [6, 6.07) is 8.04. The summed E-state index contributed by atoms with van der Waals surface area (Å²) in [6.07, 6.45) is 0. The minimum Gasteiger partial charge on any atom is -0.497 e. The van der Waals surface area contributed by atoms with Gasteiger partial charge in [-0.1, -0.05) is 12.1 Å². The number of hydrogen-bond acceptors (Lipinski definition) is 4. The van der Waals surface area contributed by atoms with Crippen LogP contribution in [0.4, 0.5) is 0 Å². The van der Waals surface area contributed by atoms with Crippen LogP contribution in [-0.2, 0) is 11.3 Å². The Morgan fingerprint density at radius 3 is 2.82 bits per heavy atom. The Kier molecular flexibility index (Phi) is 6.62. The fraction of sp³-hybridized carbons (Fsp3) is 0.538. The van der Waals surface area contributed by atoms with Gasteiger partial charge in [0.1, 0.15) is 5.75 Å². The van der Waals surface area contributed by atoms with Crippen LogP contribution < -0.4 is 4.74 Å². The SMILES string of the molecule is COc1cccc(CN(C)CCOCCO)c1. The topological polar surface area (TPSA) is 41.9 Å². The smallest absolute Gasteiger partial charge is 0.119 e. The number of benzene rings is 1. The van der Waals surface area contributed by atoms with E-state index >= 15 is 0 Å². The third-order valence-electron chi connectivity index (χ3n) is 2.44. The van der Waals surface area contributed by atoms with E-state index in [0.717, 1.165) is 18.8 Å². The van der Waals surface area contributed by atoms with Crippen LogP contribution in [0.1, 0.15) is 5.56 Å². The molecule has 0 heterocycles. The molecular formula is C13H21NO3. The molecule has 0 saturated heterocycles. The normalized spacial score (nSPS) is 10.8. The van der Waals surface area contributed by atoms with E-state index in [4.69, 9.17) is 14.6 Å². The van der Waals surface area contributed by atoms with E-state index in [-0.39, 0.29) is 6.61 Å². The molecule has 4 heteroatoms. The van der Waals surface area contributed by atoms with E-state index in [9.17, 15) is 0 Å². The second-order valence-corrected chi connectivity index (χ2v) is 3.93. The van der Waals surface area contributed by atoms with Crippen LogP contribution >= 0.6 is 0 Å². The van der Waals surface area contributed by atoms with E-state index in [0.29, 0.717) is 13.2 Å². The van der Waals surface area contributed by atoms with Crippen LogP contribution in [0, 0.1) is 0 Å². The van der Waals surface area contributed by atoms with Gasteiger partial charge in [-0.05, 0) is 24.7 Å². The monoisotopic (exact) mass is 239 g/mol.